The van der Waals surface area contributed by atoms with Gasteiger partial charge >= 0.3 is 0 Å². The lowest BCUT2D eigenvalue weighted by Crippen LogP contribution is -2.34. The molecule has 30 heavy (non-hydrogen) atoms. The van der Waals surface area contributed by atoms with Gasteiger partial charge in [0.1, 0.15) is 23.3 Å². The van der Waals surface area contributed by atoms with E-state index in [1.54, 1.807) is 10.7 Å². The Morgan fingerprint density at radius 1 is 1.17 bits per heavy atom. The van der Waals surface area contributed by atoms with Gasteiger partial charge in [-0.25, -0.2) is 18.9 Å². The van der Waals surface area contributed by atoms with Gasteiger partial charge in [0.15, 0.2) is 11.8 Å². The van der Waals surface area contributed by atoms with E-state index in [-0.39, 0.29) is 0 Å². The SMILES string of the molecule is CCCCOC[C@H]1O[C@@H](c2cnc3c(SC)nc(SC)nn23)[C@H](F)[C@@H]1OCCCC. The van der Waals surface area contributed by atoms with Crippen molar-refractivity contribution in [1.82, 2.24) is 19.6 Å². The minimum Gasteiger partial charge on any atom is -0.379 e. The molecule has 0 unspecified atom stereocenters. The number of hydrogen-bond donors (Lipinski definition) is 0. The summed E-state index contributed by atoms with van der Waals surface area (Å²) in [5.41, 5.74) is 1.18. The minimum absolute atomic E-state index is 0.311. The molecule has 1 aliphatic rings. The van der Waals surface area contributed by atoms with Crippen LogP contribution in [0.4, 0.5) is 4.39 Å². The minimum atomic E-state index is -1.33. The molecule has 4 atom stereocenters. The van der Waals surface area contributed by atoms with Gasteiger partial charge in [-0.15, -0.1) is 16.9 Å². The fraction of sp³-hybridized carbons (Fsp3) is 0.750. The number of nitrogens with zero attached hydrogens (tertiary/aromatic N) is 4. The van der Waals surface area contributed by atoms with E-state index < -0.39 is 24.5 Å². The second-order valence-electron chi connectivity index (χ2n) is 7.18. The third kappa shape index (κ3) is 5.27. The number of halogens is 1. The highest BCUT2D eigenvalue weighted by atomic mass is 32.2. The summed E-state index contributed by atoms with van der Waals surface area (Å²) in [4.78, 5) is 8.93. The van der Waals surface area contributed by atoms with Gasteiger partial charge in [0.05, 0.1) is 18.5 Å². The summed E-state index contributed by atoms with van der Waals surface area (Å²) < 4.78 is 35.0. The first-order valence-corrected chi connectivity index (χ1v) is 12.9. The van der Waals surface area contributed by atoms with Gasteiger partial charge in [0.2, 0.25) is 5.16 Å². The van der Waals surface area contributed by atoms with Crippen LogP contribution in [0, 0.1) is 0 Å². The van der Waals surface area contributed by atoms with Crippen LogP contribution in [0.3, 0.4) is 0 Å². The summed E-state index contributed by atoms with van der Waals surface area (Å²) in [6.07, 6.45) is 6.09. The van der Waals surface area contributed by atoms with E-state index in [4.69, 9.17) is 14.2 Å². The maximum Gasteiger partial charge on any atom is 0.208 e. The zero-order chi connectivity index (χ0) is 21.5. The molecule has 0 N–H and O–H groups in total. The van der Waals surface area contributed by atoms with Gasteiger partial charge in [-0.3, -0.25) is 0 Å². The molecular formula is C20H31FN4O3S2. The Bertz CT molecular complexity index is 810. The number of aromatic nitrogens is 4. The summed E-state index contributed by atoms with van der Waals surface area (Å²) in [6, 6.07) is 0. The lowest BCUT2D eigenvalue weighted by Gasteiger charge is -2.20. The van der Waals surface area contributed by atoms with Crippen LogP contribution in [0.2, 0.25) is 0 Å². The topological polar surface area (TPSA) is 70.8 Å². The van der Waals surface area contributed by atoms with Gasteiger partial charge < -0.3 is 14.2 Å². The van der Waals surface area contributed by atoms with Crippen LogP contribution in [0.1, 0.15) is 51.3 Å². The molecule has 0 aliphatic carbocycles. The number of hydrogen-bond acceptors (Lipinski definition) is 8. The lowest BCUT2D eigenvalue weighted by atomic mass is 10.1. The van der Waals surface area contributed by atoms with Gasteiger partial charge in [0.25, 0.3) is 0 Å². The van der Waals surface area contributed by atoms with Crippen molar-refractivity contribution in [3.63, 3.8) is 0 Å². The monoisotopic (exact) mass is 458 g/mol. The third-order valence-electron chi connectivity index (χ3n) is 5.03. The highest BCUT2D eigenvalue weighted by Gasteiger charge is 2.48. The molecule has 0 saturated carbocycles. The molecule has 0 bridgehead atoms. The smallest absolute Gasteiger partial charge is 0.208 e. The predicted octanol–water partition coefficient (Wildman–Crippen LogP) is 4.35. The normalized spacial score (nSPS) is 24.2. The summed E-state index contributed by atoms with van der Waals surface area (Å²) in [5.74, 6) is 0. The molecule has 1 fully saturated rings. The van der Waals surface area contributed by atoms with E-state index in [2.05, 4.69) is 28.9 Å². The summed E-state index contributed by atoms with van der Waals surface area (Å²) in [7, 11) is 0. The Balaban J connectivity index is 1.85. The van der Waals surface area contributed by atoms with E-state index in [0.29, 0.717) is 36.3 Å². The van der Waals surface area contributed by atoms with Gasteiger partial charge in [-0.2, -0.15) is 0 Å². The number of alkyl halides is 1. The maximum absolute atomic E-state index is 15.6. The van der Waals surface area contributed by atoms with E-state index in [0.717, 1.165) is 30.7 Å². The van der Waals surface area contributed by atoms with Crippen LogP contribution in [-0.4, -0.2) is 70.3 Å². The number of ether oxygens (including phenoxy) is 3. The first-order valence-electron chi connectivity index (χ1n) is 10.5. The van der Waals surface area contributed by atoms with Gasteiger partial charge in [0, 0.05) is 13.2 Å². The molecule has 7 nitrogen and oxygen atoms in total. The van der Waals surface area contributed by atoms with Gasteiger partial charge in [-0.1, -0.05) is 38.5 Å². The molecule has 1 aliphatic heterocycles. The molecular weight excluding hydrogens is 427 g/mol. The standard InChI is InChI=1S/C20H31FN4O3S2/c1-5-7-9-26-12-14-17(27-10-8-6-2)15(21)16(28-14)13-11-22-18-19(29-3)23-20(30-4)24-25(13)18/h11,14-17H,5-10,12H2,1-4H3/t14-,15+,16+,17-/m1/s1. The van der Waals surface area contributed by atoms with E-state index in [1.807, 2.05) is 12.5 Å². The molecule has 3 rings (SSSR count). The van der Waals surface area contributed by atoms with E-state index >= 15 is 4.39 Å². The molecule has 1 saturated heterocycles. The summed E-state index contributed by atoms with van der Waals surface area (Å²) >= 11 is 2.92. The lowest BCUT2D eigenvalue weighted by molar-refractivity contribution is -0.0673. The second-order valence-corrected chi connectivity index (χ2v) is 8.75. The molecule has 3 heterocycles. The third-order valence-corrected chi connectivity index (χ3v) is 6.23. The van der Waals surface area contributed by atoms with Crippen molar-refractivity contribution in [2.24, 2.45) is 0 Å². The zero-order valence-corrected chi connectivity index (χ0v) is 19.7. The van der Waals surface area contributed by atoms with Crippen molar-refractivity contribution < 1.29 is 18.6 Å². The van der Waals surface area contributed by atoms with Crippen molar-refractivity contribution in [1.29, 1.82) is 0 Å². The van der Waals surface area contributed by atoms with Crippen LogP contribution in [0.15, 0.2) is 16.4 Å². The second kappa shape index (κ2) is 11.6. The molecule has 10 heteroatoms. The Hall–Kier alpha value is -0.940. The van der Waals surface area contributed by atoms with Crippen LogP contribution < -0.4 is 0 Å². The highest BCUT2D eigenvalue weighted by molar-refractivity contribution is 7.99. The molecule has 0 radical (unpaired) electrons. The number of rotatable bonds is 12. The van der Waals surface area contributed by atoms with Crippen LogP contribution in [0.5, 0.6) is 0 Å². The van der Waals surface area contributed by atoms with Crippen LogP contribution in [0.25, 0.3) is 5.65 Å². The average Bonchev–Trinajstić information content (AvgIpc) is 3.32. The van der Waals surface area contributed by atoms with Crippen molar-refractivity contribution in [2.75, 3.05) is 32.3 Å². The van der Waals surface area contributed by atoms with Crippen molar-refractivity contribution in [3.05, 3.63) is 11.9 Å². The van der Waals surface area contributed by atoms with Crippen LogP contribution in [-0.2, 0) is 14.2 Å². The molecule has 0 amide bonds. The fourth-order valence-electron chi connectivity index (χ4n) is 3.37. The quantitative estimate of drug-likeness (QED) is 0.343. The molecule has 168 valence electrons. The van der Waals surface area contributed by atoms with E-state index in [9.17, 15) is 0 Å². The zero-order valence-electron chi connectivity index (χ0n) is 18.0. The molecule has 2 aromatic heterocycles. The summed E-state index contributed by atoms with van der Waals surface area (Å²) in [5, 5.41) is 5.89. The number of thioether (sulfide) groups is 2. The van der Waals surface area contributed by atoms with Crippen LogP contribution >= 0.6 is 23.5 Å². The molecule has 0 spiro atoms. The summed E-state index contributed by atoms with van der Waals surface area (Å²) in [6.45, 7) is 5.65. The molecule has 0 aromatic carbocycles. The average molecular weight is 459 g/mol. The van der Waals surface area contributed by atoms with Crippen molar-refractivity contribution >= 4 is 29.2 Å². The maximum atomic E-state index is 15.6. The fourth-order valence-corrected chi connectivity index (χ4v) is 4.27. The number of fused-ring (bicyclic) bond motifs is 1. The Morgan fingerprint density at radius 3 is 2.63 bits per heavy atom. The van der Waals surface area contributed by atoms with Gasteiger partial charge in [-0.05, 0) is 25.4 Å². The largest absolute Gasteiger partial charge is 0.379 e. The highest BCUT2D eigenvalue weighted by Crippen LogP contribution is 2.38. The predicted molar refractivity (Wildman–Crippen MR) is 117 cm³/mol. The molecule has 2 aromatic rings. The van der Waals surface area contributed by atoms with E-state index in [1.165, 1.54) is 23.5 Å². The first-order chi connectivity index (χ1) is 14.6. The van der Waals surface area contributed by atoms with Crippen molar-refractivity contribution in [3.8, 4) is 0 Å². The Kier molecular flexibility index (Phi) is 9.18. The Morgan fingerprint density at radius 2 is 1.93 bits per heavy atom. The number of imidazole rings is 1. The Labute approximate surface area is 185 Å². The first kappa shape index (κ1) is 23.7. The van der Waals surface area contributed by atoms with Crippen molar-refractivity contribution in [2.45, 2.75) is 74.2 Å². The number of unbranched alkanes of at least 4 members (excludes halogenated alkanes) is 2.